The molecule has 1 rings (SSSR count). The summed E-state index contributed by atoms with van der Waals surface area (Å²) in [5.74, 6) is 0.613. The van der Waals surface area contributed by atoms with Crippen molar-refractivity contribution in [3.63, 3.8) is 0 Å². The standard InChI is InChI=1S/C13H26N2O2/c1-4-6-11-8-12(14-7-5-2)10-15(9-11)13(16)17-3/h11-12,14H,4-10H2,1-3H3. The summed E-state index contributed by atoms with van der Waals surface area (Å²) in [4.78, 5) is 13.5. The normalized spacial score (nSPS) is 24.8. The molecule has 0 aliphatic carbocycles. The number of amides is 1. The van der Waals surface area contributed by atoms with Crippen LogP contribution >= 0.6 is 0 Å². The fraction of sp³-hybridized carbons (Fsp3) is 0.923. The third kappa shape index (κ3) is 4.54. The molecule has 1 saturated heterocycles. The van der Waals surface area contributed by atoms with Crippen molar-refractivity contribution in [2.45, 2.75) is 45.6 Å². The van der Waals surface area contributed by atoms with Crippen LogP contribution in [-0.4, -0.2) is 43.8 Å². The van der Waals surface area contributed by atoms with Crippen LogP contribution in [0.5, 0.6) is 0 Å². The lowest BCUT2D eigenvalue weighted by Gasteiger charge is -2.37. The smallest absolute Gasteiger partial charge is 0.409 e. The van der Waals surface area contributed by atoms with Gasteiger partial charge >= 0.3 is 6.09 Å². The number of nitrogens with zero attached hydrogens (tertiary/aromatic N) is 1. The average Bonchev–Trinajstić information content (AvgIpc) is 2.35. The van der Waals surface area contributed by atoms with Gasteiger partial charge in [0.25, 0.3) is 0 Å². The van der Waals surface area contributed by atoms with E-state index in [2.05, 4.69) is 19.2 Å². The predicted molar refractivity (Wildman–Crippen MR) is 69.1 cm³/mol. The number of rotatable bonds is 5. The Kier molecular flexibility index (Phi) is 6.34. The Morgan fingerprint density at radius 2 is 2.12 bits per heavy atom. The number of carbonyl (C=O) groups is 1. The molecule has 0 saturated carbocycles. The number of methoxy groups -OCH3 is 1. The maximum Gasteiger partial charge on any atom is 0.409 e. The van der Waals surface area contributed by atoms with Gasteiger partial charge in [-0.25, -0.2) is 4.79 Å². The summed E-state index contributed by atoms with van der Waals surface area (Å²) in [5.41, 5.74) is 0. The number of likely N-dealkylation sites (tertiary alicyclic amines) is 1. The third-order valence-corrected chi connectivity index (χ3v) is 3.35. The van der Waals surface area contributed by atoms with E-state index in [1.807, 2.05) is 4.90 Å². The van der Waals surface area contributed by atoms with E-state index in [9.17, 15) is 4.79 Å². The molecule has 2 atom stereocenters. The first-order chi connectivity index (χ1) is 8.21. The maximum atomic E-state index is 11.6. The van der Waals surface area contributed by atoms with Crippen LogP contribution in [0.1, 0.15) is 39.5 Å². The summed E-state index contributed by atoms with van der Waals surface area (Å²) in [6.45, 7) is 7.03. The molecule has 1 fully saturated rings. The summed E-state index contributed by atoms with van der Waals surface area (Å²) in [6.07, 6.45) is 4.50. The highest BCUT2D eigenvalue weighted by Gasteiger charge is 2.29. The fourth-order valence-corrected chi connectivity index (χ4v) is 2.60. The molecule has 4 nitrogen and oxygen atoms in total. The van der Waals surface area contributed by atoms with E-state index in [-0.39, 0.29) is 6.09 Å². The molecule has 1 aliphatic rings. The van der Waals surface area contributed by atoms with E-state index in [0.29, 0.717) is 12.0 Å². The van der Waals surface area contributed by atoms with Crippen molar-refractivity contribution in [2.24, 2.45) is 5.92 Å². The molecule has 1 heterocycles. The molecule has 1 amide bonds. The highest BCUT2D eigenvalue weighted by atomic mass is 16.5. The molecule has 0 radical (unpaired) electrons. The molecule has 0 aromatic carbocycles. The monoisotopic (exact) mass is 242 g/mol. The highest BCUT2D eigenvalue weighted by molar-refractivity contribution is 5.67. The molecular weight excluding hydrogens is 216 g/mol. The van der Waals surface area contributed by atoms with Crippen LogP contribution in [0, 0.1) is 5.92 Å². The second-order valence-corrected chi connectivity index (χ2v) is 4.92. The van der Waals surface area contributed by atoms with Gasteiger partial charge in [-0.15, -0.1) is 0 Å². The fourth-order valence-electron chi connectivity index (χ4n) is 2.60. The lowest BCUT2D eigenvalue weighted by atomic mass is 9.91. The second kappa shape index (κ2) is 7.54. The summed E-state index contributed by atoms with van der Waals surface area (Å²) in [6, 6.07) is 0.430. The van der Waals surface area contributed by atoms with E-state index < -0.39 is 0 Å². The highest BCUT2D eigenvalue weighted by Crippen LogP contribution is 2.21. The molecule has 4 heteroatoms. The summed E-state index contributed by atoms with van der Waals surface area (Å²) >= 11 is 0. The van der Waals surface area contributed by atoms with E-state index >= 15 is 0 Å². The molecule has 0 aromatic heterocycles. The van der Waals surface area contributed by atoms with E-state index in [1.54, 1.807) is 0 Å². The molecule has 0 aromatic rings. The zero-order chi connectivity index (χ0) is 12.7. The summed E-state index contributed by atoms with van der Waals surface area (Å²) in [5, 5.41) is 3.52. The second-order valence-electron chi connectivity index (χ2n) is 4.92. The Balaban J connectivity index is 2.52. The maximum absolute atomic E-state index is 11.6. The molecule has 2 unspecified atom stereocenters. The van der Waals surface area contributed by atoms with E-state index in [0.717, 1.165) is 26.1 Å². The summed E-state index contributed by atoms with van der Waals surface area (Å²) < 4.78 is 4.83. The first kappa shape index (κ1) is 14.3. The Labute approximate surface area is 105 Å². The van der Waals surface area contributed by atoms with Gasteiger partial charge in [-0.05, 0) is 31.7 Å². The van der Waals surface area contributed by atoms with Gasteiger partial charge < -0.3 is 15.0 Å². The van der Waals surface area contributed by atoms with Crippen LogP contribution in [0.2, 0.25) is 0 Å². The lowest BCUT2D eigenvalue weighted by molar-refractivity contribution is 0.0891. The largest absolute Gasteiger partial charge is 0.453 e. The van der Waals surface area contributed by atoms with Crippen molar-refractivity contribution in [2.75, 3.05) is 26.7 Å². The van der Waals surface area contributed by atoms with Gasteiger partial charge in [0.2, 0.25) is 0 Å². The van der Waals surface area contributed by atoms with Gasteiger partial charge in [-0.1, -0.05) is 20.3 Å². The molecule has 0 bridgehead atoms. The van der Waals surface area contributed by atoms with Crippen molar-refractivity contribution in [3.05, 3.63) is 0 Å². The minimum absolute atomic E-state index is 0.186. The zero-order valence-electron chi connectivity index (χ0n) is 11.4. The van der Waals surface area contributed by atoms with Crippen molar-refractivity contribution in [3.8, 4) is 0 Å². The predicted octanol–water partition coefficient (Wildman–Crippen LogP) is 2.24. The first-order valence-electron chi connectivity index (χ1n) is 6.77. The Bertz CT molecular complexity index is 233. The number of carbonyl (C=O) groups excluding carboxylic acids is 1. The average molecular weight is 242 g/mol. The van der Waals surface area contributed by atoms with Crippen LogP contribution < -0.4 is 5.32 Å². The van der Waals surface area contributed by atoms with Crippen molar-refractivity contribution in [1.82, 2.24) is 10.2 Å². The van der Waals surface area contributed by atoms with Gasteiger partial charge in [0, 0.05) is 19.1 Å². The van der Waals surface area contributed by atoms with Crippen molar-refractivity contribution >= 4 is 6.09 Å². The van der Waals surface area contributed by atoms with Gasteiger partial charge in [0.1, 0.15) is 0 Å². The van der Waals surface area contributed by atoms with E-state index in [1.165, 1.54) is 26.4 Å². The van der Waals surface area contributed by atoms with Crippen LogP contribution in [0.3, 0.4) is 0 Å². The molecule has 1 aliphatic heterocycles. The van der Waals surface area contributed by atoms with Gasteiger partial charge in [0.15, 0.2) is 0 Å². The number of hydrogen-bond donors (Lipinski definition) is 1. The summed E-state index contributed by atoms with van der Waals surface area (Å²) in [7, 11) is 1.46. The number of piperidine rings is 1. The molecule has 100 valence electrons. The molecule has 0 spiro atoms. The van der Waals surface area contributed by atoms with Gasteiger partial charge in [-0.3, -0.25) is 0 Å². The third-order valence-electron chi connectivity index (χ3n) is 3.35. The Morgan fingerprint density at radius 3 is 2.71 bits per heavy atom. The van der Waals surface area contributed by atoms with E-state index in [4.69, 9.17) is 4.74 Å². The van der Waals surface area contributed by atoms with Crippen LogP contribution in [-0.2, 0) is 4.74 Å². The van der Waals surface area contributed by atoms with Crippen LogP contribution in [0.25, 0.3) is 0 Å². The van der Waals surface area contributed by atoms with Crippen molar-refractivity contribution in [1.29, 1.82) is 0 Å². The molecular formula is C13H26N2O2. The first-order valence-corrected chi connectivity index (χ1v) is 6.77. The minimum atomic E-state index is -0.186. The topological polar surface area (TPSA) is 41.6 Å². The van der Waals surface area contributed by atoms with Gasteiger partial charge in [-0.2, -0.15) is 0 Å². The zero-order valence-corrected chi connectivity index (χ0v) is 11.4. The van der Waals surface area contributed by atoms with Gasteiger partial charge in [0.05, 0.1) is 7.11 Å². The number of hydrogen-bond acceptors (Lipinski definition) is 3. The quantitative estimate of drug-likeness (QED) is 0.804. The molecule has 1 N–H and O–H groups in total. The lowest BCUT2D eigenvalue weighted by Crippen LogP contribution is -2.51. The number of nitrogens with one attached hydrogen (secondary N) is 1. The Morgan fingerprint density at radius 1 is 1.35 bits per heavy atom. The molecule has 17 heavy (non-hydrogen) atoms. The Hall–Kier alpha value is -0.770. The number of ether oxygens (including phenoxy) is 1. The van der Waals surface area contributed by atoms with Crippen LogP contribution in [0.4, 0.5) is 4.79 Å². The SMILES string of the molecule is CCCNC1CC(CCC)CN(C(=O)OC)C1. The van der Waals surface area contributed by atoms with Crippen molar-refractivity contribution < 1.29 is 9.53 Å². The van der Waals surface area contributed by atoms with Crippen LogP contribution in [0.15, 0.2) is 0 Å². The minimum Gasteiger partial charge on any atom is -0.453 e.